The maximum absolute atomic E-state index is 13.7. The van der Waals surface area contributed by atoms with E-state index in [0.29, 0.717) is 0 Å². The minimum absolute atomic E-state index is 0.157. The summed E-state index contributed by atoms with van der Waals surface area (Å²) in [7, 11) is 2.04. The van der Waals surface area contributed by atoms with Gasteiger partial charge in [-0.15, -0.1) is 45.3 Å². The monoisotopic (exact) mass is 649 g/mol. The maximum atomic E-state index is 13.7. The number of thiophene rings is 4. The lowest BCUT2D eigenvalue weighted by Gasteiger charge is -2.10. The molecule has 5 rings (SSSR count). The van der Waals surface area contributed by atoms with Gasteiger partial charge in [-0.2, -0.15) is 8.78 Å². The molecule has 1 aromatic carbocycles. The Balaban J connectivity index is 1.68. The van der Waals surface area contributed by atoms with Gasteiger partial charge < -0.3 is 0 Å². The lowest BCUT2D eigenvalue weighted by atomic mass is 9.72. The molecular formula is C19H7BBr3F2S4. The summed E-state index contributed by atoms with van der Waals surface area (Å²) in [6, 6.07) is 7.37. The molecule has 0 atom stereocenters. The van der Waals surface area contributed by atoms with Gasteiger partial charge in [0.25, 0.3) is 0 Å². The normalized spacial score (nSPS) is 11.8. The highest BCUT2D eigenvalue weighted by atomic mass is 79.9. The molecule has 4 aromatic heterocycles. The van der Waals surface area contributed by atoms with Gasteiger partial charge in [0.05, 0.1) is 14.0 Å². The van der Waals surface area contributed by atoms with E-state index < -0.39 is 0 Å². The van der Waals surface area contributed by atoms with Crippen molar-refractivity contribution < 1.29 is 8.78 Å². The Morgan fingerprint density at radius 1 is 0.724 bits per heavy atom. The number of benzene rings is 1. The van der Waals surface area contributed by atoms with Gasteiger partial charge >= 0.3 is 0 Å². The molecule has 0 nitrogen and oxygen atoms in total. The summed E-state index contributed by atoms with van der Waals surface area (Å²) in [5, 5.41) is -0.331. The zero-order valence-electron chi connectivity index (χ0n) is 14.4. The molecule has 0 fully saturated rings. The Morgan fingerprint density at radius 2 is 1.24 bits per heavy atom. The van der Waals surface area contributed by atoms with E-state index in [1.165, 1.54) is 11.3 Å². The molecule has 0 aliphatic rings. The summed E-state index contributed by atoms with van der Waals surface area (Å²) in [4.78, 5) is 2.17. The van der Waals surface area contributed by atoms with Crippen molar-refractivity contribution in [3.8, 4) is 20.9 Å². The minimum Gasteiger partial charge on any atom is -0.195 e. The van der Waals surface area contributed by atoms with Crippen LogP contribution in [-0.2, 0) is 0 Å². The summed E-state index contributed by atoms with van der Waals surface area (Å²) >= 11 is 16.6. The molecule has 0 N–H and O–H groups in total. The van der Waals surface area contributed by atoms with Gasteiger partial charge in [0.15, 0.2) is 17.5 Å². The molecular weight excluding hydrogens is 645 g/mol. The maximum Gasteiger partial charge on any atom is 0.178 e. The first-order chi connectivity index (χ1) is 13.9. The van der Waals surface area contributed by atoms with Crippen LogP contribution in [0.1, 0.15) is 0 Å². The average molecular weight is 652 g/mol. The van der Waals surface area contributed by atoms with Crippen molar-refractivity contribution in [3.05, 3.63) is 47.9 Å². The van der Waals surface area contributed by atoms with E-state index in [1.54, 1.807) is 34.8 Å². The highest BCUT2D eigenvalue weighted by molar-refractivity contribution is 9.11. The van der Waals surface area contributed by atoms with Crippen molar-refractivity contribution in [2.75, 3.05) is 0 Å². The van der Waals surface area contributed by atoms with E-state index >= 15 is 0 Å². The van der Waals surface area contributed by atoms with Crippen molar-refractivity contribution in [3.63, 3.8) is 0 Å². The second kappa shape index (κ2) is 7.80. The molecule has 0 saturated heterocycles. The summed E-state index contributed by atoms with van der Waals surface area (Å²) in [5.74, 6) is 0. The van der Waals surface area contributed by atoms with Crippen LogP contribution in [0.3, 0.4) is 0 Å². The predicted octanol–water partition coefficient (Wildman–Crippen LogP) is 9.52. The molecule has 0 bridgehead atoms. The Morgan fingerprint density at radius 3 is 1.83 bits per heavy atom. The van der Waals surface area contributed by atoms with Crippen molar-refractivity contribution in [2.24, 2.45) is 0 Å². The largest absolute Gasteiger partial charge is 0.195 e. The zero-order valence-corrected chi connectivity index (χ0v) is 22.4. The van der Waals surface area contributed by atoms with Crippen LogP contribution in [0.5, 0.6) is 0 Å². The third-order valence-corrected chi connectivity index (χ3v) is 11.6. The Kier molecular flexibility index (Phi) is 5.59. The van der Waals surface area contributed by atoms with E-state index in [9.17, 15) is 8.78 Å². The van der Waals surface area contributed by atoms with Crippen LogP contribution in [0.4, 0.5) is 8.78 Å². The molecule has 10 heteroatoms. The van der Waals surface area contributed by atoms with Crippen LogP contribution >= 0.6 is 93.1 Å². The Bertz CT molecular complexity index is 1410. The van der Waals surface area contributed by atoms with E-state index in [2.05, 4.69) is 59.9 Å². The van der Waals surface area contributed by atoms with E-state index in [1.807, 2.05) is 14.1 Å². The number of fused-ring (bicyclic) bond motifs is 2. The molecule has 0 unspecified atom stereocenters. The number of rotatable bonds is 3. The second-order valence-electron chi connectivity index (χ2n) is 6.18. The lowest BCUT2D eigenvalue weighted by molar-refractivity contribution is 0.658. The summed E-state index contributed by atoms with van der Waals surface area (Å²) in [5.41, 5.74) is 3.16. The molecule has 0 spiro atoms. The van der Waals surface area contributed by atoms with Crippen LogP contribution in [0.15, 0.2) is 37.7 Å². The van der Waals surface area contributed by atoms with Crippen molar-refractivity contribution in [1.29, 1.82) is 0 Å². The topological polar surface area (TPSA) is 0 Å². The standard InChI is InChI=1S/C19H7BBr3F2S4/c1-20-14-16(26-10-4-12(24)28-18(10)14)6-2-9(22)7(3-8(6)21)17-15(23)19-11(27-17)5-13(25)29-19/h2-5H,1H3. The van der Waals surface area contributed by atoms with Gasteiger partial charge in [-0.25, -0.2) is 0 Å². The first kappa shape index (κ1) is 20.8. The van der Waals surface area contributed by atoms with Crippen LogP contribution in [0.25, 0.3) is 39.7 Å². The SMILES string of the molecule is C[B]c1c(-c2cc(Br)c(-c3sc4cc(F)sc4c3Br)cc2Br)sc2cc(F)sc12. The predicted molar refractivity (Wildman–Crippen MR) is 138 cm³/mol. The molecule has 0 aliphatic heterocycles. The van der Waals surface area contributed by atoms with Gasteiger partial charge in [0, 0.05) is 51.2 Å². The van der Waals surface area contributed by atoms with Crippen LogP contribution in [0.2, 0.25) is 6.82 Å². The highest BCUT2D eigenvalue weighted by Gasteiger charge is 2.21. The molecule has 0 amide bonds. The molecule has 0 saturated carbocycles. The van der Waals surface area contributed by atoms with Gasteiger partial charge in [0.1, 0.15) is 0 Å². The van der Waals surface area contributed by atoms with Gasteiger partial charge in [-0.3, -0.25) is 0 Å². The van der Waals surface area contributed by atoms with Crippen molar-refractivity contribution in [2.45, 2.75) is 6.82 Å². The van der Waals surface area contributed by atoms with Gasteiger partial charge in [-0.05, 0) is 28.1 Å². The Labute approximate surface area is 207 Å². The molecule has 29 heavy (non-hydrogen) atoms. The molecule has 1 radical (unpaired) electrons. The fourth-order valence-corrected chi connectivity index (χ4v) is 10.2. The third-order valence-electron chi connectivity index (χ3n) is 4.48. The number of hydrogen-bond acceptors (Lipinski definition) is 4. The van der Waals surface area contributed by atoms with Crippen molar-refractivity contribution >= 4 is 125 Å². The van der Waals surface area contributed by atoms with Crippen molar-refractivity contribution in [1.82, 2.24) is 0 Å². The molecule has 145 valence electrons. The van der Waals surface area contributed by atoms with E-state index in [-0.39, 0.29) is 10.3 Å². The van der Waals surface area contributed by atoms with Crippen LogP contribution < -0.4 is 5.46 Å². The summed E-state index contributed by atoms with van der Waals surface area (Å²) in [6.07, 6.45) is 0. The second-order valence-corrected chi connectivity index (χ2v) is 12.8. The highest BCUT2D eigenvalue weighted by Crippen LogP contribution is 2.49. The van der Waals surface area contributed by atoms with Gasteiger partial charge in [-0.1, -0.05) is 44.1 Å². The fourth-order valence-electron chi connectivity index (χ4n) is 3.24. The fraction of sp³-hybridized carbons (Fsp3) is 0.0526. The smallest absolute Gasteiger partial charge is 0.178 e. The van der Waals surface area contributed by atoms with E-state index in [0.717, 1.165) is 69.9 Å². The summed E-state index contributed by atoms with van der Waals surface area (Å²) < 4.78 is 33.9. The average Bonchev–Trinajstić information content (AvgIpc) is 3.37. The number of hydrogen-bond donors (Lipinski definition) is 0. The van der Waals surface area contributed by atoms with Crippen LogP contribution in [-0.4, -0.2) is 7.28 Å². The molecule has 4 heterocycles. The summed E-state index contributed by atoms with van der Waals surface area (Å²) in [6.45, 7) is 1.98. The zero-order chi connectivity index (χ0) is 20.4. The van der Waals surface area contributed by atoms with E-state index in [4.69, 9.17) is 0 Å². The first-order valence-corrected chi connectivity index (χ1v) is 13.9. The third kappa shape index (κ3) is 3.43. The first-order valence-electron chi connectivity index (χ1n) is 8.25. The Hall–Kier alpha value is -0.0951. The quantitative estimate of drug-likeness (QED) is 0.171. The minimum atomic E-state index is -0.175. The van der Waals surface area contributed by atoms with Crippen LogP contribution in [0, 0.1) is 10.3 Å². The van der Waals surface area contributed by atoms with Gasteiger partial charge in [0.2, 0.25) is 0 Å². The lowest BCUT2D eigenvalue weighted by Crippen LogP contribution is -2.10. The molecule has 0 aliphatic carbocycles. The molecule has 5 aromatic rings. The number of halogens is 5.